The molecular formula is C20H29N6O+. The molecule has 0 aromatic carbocycles. The molecule has 7 heteroatoms. The van der Waals surface area contributed by atoms with Crippen LogP contribution in [0.4, 0.5) is 0 Å². The first-order valence-corrected chi connectivity index (χ1v) is 10.5. The highest BCUT2D eigenvalue weighted by atomic mass is 16.5. The molecule has 0 N–H and O–H groups in total. The maximum atomic E-state index is 5.98. The predicted molar refractivity (Wildman–Crippen MR) is 98.2 cm³/mol. The van der Waals surface area contributed by atoms with E-state index in [2.05, 4.69) is 31.9 Å². The Kier molecular flexibility index (Phi) is 4.32. The Labute approximate surface area is 160 Å². The van der Waals surface area contributed by atoms with E-state index in [9.17, 15) is 0 Å². The van der Waals surface area contributed by atoms with Crippen molar-refractivity contribution in [2.45, 2.75) is 64.8 Å². The lowest BCUT2D eigenvalue weighted by molar-refractivity contribution is -0.696. The van der Waals surface area contributed by atoms with Crippen LogP contribution in [-0.2, 0) is 6.54 Å². The number of nitrogens with zero attached hydrogens (tertiary/aromatic N) is 6. The quantitative estimate of drug-likeness (QED) is 0.702. The van der Waals surface area contributed by atoms with Crippen LogP contribution in [-0.4, -0.2) is 31.6 Å². The number of aryl methyl sites for hydroxylation is 1. The summed E-state index contributed by atoms with van der Waals surface area (Å²) in [5.74, 6) is 3.25. The highest BCUT2D eigenvalue weighted by Crippen LogP contribution is 2.59. The summed E-state index contributed by atoms with van der Waals surface area (Å²) in [6, 6.07) is 0.306. The van der Waals surface area contributed by atoms with E-state index >= 15 is 0 Å². The molecule has 0 amide bonds. The standard InChI is InChI=1S/C20H29N6O/c1-2-3-4-25-5-6-26(14-25)18-21-23-19(24-22-18)27-13-20-10-15-7-16(11-20)9-17(8-15)12-20/h5-6,14-17H,2-4,7-13H2,1H3/q+1. The third-order valence-electron chi connectivity index (χ3n) is 6.81. The van der Waals surface area contributed by atoms with Gasteiger partial charge < -0.3 is 4.74 Å². The molecule has 4 aliphatic rings. The van der Waals surface area contributed by atoms with Crippen LogP contribution in [0.25, 0.3) is 5.95 Å². The number of unbranched alkanes of at least 4 members (excludes halogenated alkanes) is 1. The molecule has 2 heterocycles. The molecule has 2 aromatic rings. The van der Waals surface area contributed by atoms with Crippen molar-refractivity contribution in [3.8, 4) is 12.0 Å². The Hall–Kier alpha value is -2.05. The molecule has 0 atom stereocenters. The van der Waals surface area contributed by atoms with Gasteiger partial charge in [-0.2, -0.15) is 4.57 Å². The van der Waals surface area contributed by atoms with E-state index in [0.29, 0.717) is 17.4 Å². The Morgan fingerprint density at radius 1 is 1.07 bits per heavy atom. The highest BCUT2D eigenvalue weighted by molar-refractivity contribution is 5.05. The first kappa shape index (κ1) is 17.1. The molecule has 0 aliphatic heterocycles. The molecule has 4 aliphatic carbocycles. The summed E-state index contributed by atoms with van der Waals surface area (Å²) in [5.41, 5.74) is 0.349. The van der Waals surface area contributed by atoms with Gasteiger partial charge in [-0.1, -0.05) is 33.7 Å². The topological polar surface area (TPSA) is 69.6 Å². The zero-order valence-corrected chi connectivity index (χ0v) is 16.1. The van der Waals surface area contributed by atoms with Crippen molar-refractivity contribution in [2.24, 2.45) is 23.2 Å². The zero-order chi connectivity index (χ0) is 18.3. The average molecular weight is 369 g/mol. The minimum absolute atomic E-state index is 0.306. The van der Waals surface area contributed by atoms with Crippen molar-refractivity contribution >= 4 is 0 Å². The van der Waals surface area contributed by atoms with Gasteiger partial charge in [0.1, 0.15) is 12.4 Å². The summed E-state index contributed by atoms with van der Waals surface area (Å²) >= 11 is 0. The molecule has 4 fully saturated rings. The summed E-state index contributed by atoms with van der Waals surface area (Å²) in [6.07, 6.45) is 16.6. The maximum Gasteiger partial charge on any atom is 0.363 e. The lowest BCUT2D eigenvalue weighted by Gasteiger charge is -2.56. The molecule has 0 saturated heterocycles. The second-order valence-corrected chi connectivity index (χ2v) is 9.10. The first-order chi connectivity index (χ1) is 13.2. The van der Waals surface area contributed by atoms with Crippen LogP contribution in [0.1, 0.15) is 58.3 Å². The van der Waals surface area contributed by atoms with Gasteiger partial charge in [-0.15, -0.1) is 0 Å². The Morgan fingerprint density at radius 3 is 2.37 bits per heavy atom. The molecule has 4 saturated carbocycles. The predicted octanol–water partition coefficient (Wildman–Crippen LogP) is 2.74. The Balaban J connectivity index is 1.22. The summed E-state index contributed by atoms with van der Waals surface area (Å²) in [4.78, 5) is 0. The third-order valence-corrected chi connectivity index (χ3v) is 6.81. The van der Waals surface area contributed by atoms with Gasteiger partial charge in [-0.25, -0.2) is 4.57 Å². The SMILES string of the molecule is CCCC[n+]1ccn(-c2nnc(OCC34CC5CC(CC(C5)C3)C4)nn2)c1. The van der Waals surface area contributed by atoms with Gasteiger partial charge in [0.2, 0.25) is 0 Å². The van der Waals surface area contributed by atoms with Crippen molar-refractivity contribution in [1.29, 1.82) is 0 Å². The number of hydrogen-bond acceptors (Lipinski definition) is 5. The summed E-state index contributed by atoms with van der Waals surface area (Å²) < 4.78 is 9.95. The van der Waals surface area contributed by atoms with Gasteiger partial charge in [0.25, 0.3) is 6.33 Å². The highest BCUT2D eigenvalue weighted by Gasteiger charge is 2.51. The number of imidazole rings is 1. The minimum atomic E-state index is 0.306. The van der Waals surface area contributed by atoms with Crippen molar-refractivity contribution in [3.05, 3.63) is 18.7 Å². The van der Waals surface area contributed by atoms with Crippen LogP contribution in [0.5, 0.6) is 6.01 Å². The average Bonchev–Trinajstić information content (AvgIpc) is 3.13. The molecular weight excluding hydrogens is 340 g/mol. The van der Waals surface area contributed by atoms with Crippen molar-refractivity contribution in [2.75, 3.05) is 6.61 Å². The van der Waals surface area contributed by atoms with Crippen LogP contribution in [0.15, 0.2) is 18.7 Å². The number of hydrogen-bond donors (Lipinski definition) is 0. The van der Waals surface area contributed by atoms with E-state index < -0.39 is 0 Å². The normalized spacial score (nSPS) is 31.4. The van der Waals surface area contributed by atoms with Crippen LogP contribution < -0.4 is 9.30 Å². The monoisotopic (exact) mass is 369 g/mol. The molecule has 0 unspecified atom stereocenters. The van der Waals surface area contributed by atoms with Crippen LogP contribution >= 0.6 is 0 Å². The molecule has 27 heavy (non-hydrogen) atoms. The molecule has 0 spiro atoms. The van der Waals surface area contributed by atoms with E-state index in [1.165, 1.54) is 44.9 Å². The van der Waals surface area contributed by atoms with Crippen LogP contribution in [0.3, 0.4) is 0 Å². The second kappa shape index (κ2) is 6.84. The molecule has 2 aromatic heterocycles. The molecule has 4 bridgehead atoms. The van der Waals surface area contributed by atoms with E-state index in [4.69, 9.17) is 4.74 Å². The number of aromatic nitrogens is 6. The minimum Gasteiger partial charge on any atom is -0.461 e. The Morgan fingerprint density at radius 2 is 1.74 bits per heavy atom. The fourth-order valence-electron chi connectivity index (χ4n) is 6.05. The van der Waals surface area contributed by atoms with E-state index in [1.807, 2.05) is 23.3 Å². The molecule has 7 nitrogen and oxygen atoms in total. The number of ether oxygens (including phenoxy) is 1. The molecule has 0 radical (unpaired) electrons. The number of rotatable bonds is 7. The van der Waals surface area contributed by atoms with Gasteiger partial charge in [-0.05, 0) is 62.7 Å². The fraction of sp³-hybridized carbons (Fsp3) is 0.750. The van der Waals surface area contributed by atoms with Gasteiger partial charge in [0.05, 0.1) is 13.2 Å². The molecule has 6 rings (SSSR count). The van der Waals surface area contributed by atoms with E-state index in [1.54, 1.807) is 0 Å². The zero-order valence-electron chi connectivity index (χ0n) is 16.1. The van der Waals surface area contributed by atoms with Gasteiger partial charge in [0.15, 0.2) is 0 Å². The third kappa shape index (κ3) is 3.44. The second-order valence-electron chi connectivity index (χ2n) is 9.10. The maximum absolute atomic E-state index is 5.98. The van der Waals surface area contributed by atoms with Crippen LogP contribution in [0, 0.1) is 23.2 Å². The van der Waals surface area contributed by atoms with E-state index in [0.717, 1.165) is 37.3 Å². The Bertz CT molecular complexity index is 751. The molecule has 144 valence electrons. The summed E-state index contributed by atoms with van der Waals surface area (Å²) in [5, 5.41) is 16.8. The smallest absolute Gasteiger partial charge is 0.363 e. The summed E-state index contributed by atoms with van der Waals surface area (Å²) in [7, 11) is 0. The van der Waals surface area contributed by atoms with Crippen molar-refractivity contribution in [3.63, 3.8) is 0 Å². The van der Waals surface area contributed by atoms with Crippen molar-refractivity contribution < 1.29 is 9.30 Å². The van der Waals surface area contributed by atoms with Gasteiger partial charge in [-0.3, -0.25) is 0 Å². The first-order valence-electron chi connectivity index (χ1n) is 10.5. The van der Waals surface area contributed by atoms with E-state index in [-0.39, 0.29) is 0 Å². The fourth-order valence-corrected chi connectivity index (χ4v) is 6.05. The van der Waals surface area contributed by atoms with Crippen molar-refractivity contribution in [1.82, 2.24) is 25.0 Å². The summed E-state index contributed by atoms with van der Waals surface area (Å²) in [6.45, 7) is 3.91. The lowest BCUT2D eigenvalue weighted by atomic mass is 9.50. The lowest BCUT2D eigenvalue weighted by Crippen LogP contribution is -2.48. The van der Waals surface area contributed by atoms with Gasteiger partial charge in [0, 0.05) is 5.41 Å². The largest absolute Gasteiger partial charge is 0.461 e. The van der Waals surface area contributed by atoms with Gasteiger partial charge >= 0.3 is 12.0 Å². The van der Waals surface area contributed by atoms with Crippen LogP contribution in [0.2, 0.25) is 0 Å².